The molecular weight excluding hydrogens is 431 g/mol. The molecule has 1 N–H and O–H groups in total. The van der Waals surface area contributed by atoms with Crippen LogP contribution in [0.25, 0.3) is 0 Å². The standard InChI is InChI=1S/C22H21ClF3N3O2/c1-15-13-20(22(24,25)26)28-29(15)12-2-11-27-21(30)17-5-3-16(4-6-17)14-31-19-9-7-18(23)8-10-19/h3-10,13H,2,11-12,14H2,1H3,(H,27,30). The molecule has 3 aromatic rings. The molecule has 5 nitrogen and oxygen atoms in total. The third kappa shape index (κ3) is 6.49. The summed E-state index contributed by atoms with van der Waals surface area (Å²) >= 11 is 5.84. The van der Waals surface area contributed by atoms with Crippen LogP contribution in [0.4, 0.5) is 13.2 Å². The molecule has 31 heavy (non-hydrogen) atoms. The van der Waals surface area contributed by atoms with Crippen molar-refractivity contribution >= 4 is 17.5 Å². The minimum atomic E-state index is -4.46. The van der Waals surface area contributed by atoms with Crippen molar-refractivity contribution < 1.29 is 22.7 Å². The summed E-state index contributed by atoms with van der Waals surface area (Å²) < 4.78 is 45.0. The normalized spacial score (nSPS) is 11.4. The lowest BCUT2D eigenvalue weighted by molar-refractivity contribution is -0.141. The zero-order chi connectivity index (χ0) is 22.4. The smallest absolute Gasteiger partial charge is 0.435 e. The number of amides is 1. The van der Waals surface area contributed by atoms with Crippen LogP contribution in [-0.2, 0) is 19.3 Å². The predicted molar refractivity (Wildman–Crippen MR) is 111 cm³/mol. The van der Waals surface area contributed by atoms with Crippen molar-refractivity contribution in [1.29, 1.82) is 0 Å². The average molecular weight is 452 g/mol. The summed E-state index contributed by atoms with van der Waals surface area (Å²) in [4.78, 5) is 12.3. The van der Waals surface area contributed by atoms with E-state index in [9.17, 15) is 18.0 Å². The van der Waals surface area contributed by atoms with E-state index in [1.165, 1.54) is 4.68 Å². The maximum absolute atomic E-state index is 12.7. The van der Waals surface area contributed by atoms with Gasteiger partial charge in [-0.1, -0.05) is 23.7 Å². The Morgan fingerprint density at radius 2 is 1.81 bits per heavy atom. The Labute approximate surface area is 182 Å². The van der Waals surface area contributed by atoms with Gasteiger partial charge in [-0.15, -0.1) is 0 Å². The van der Waals surface area contributed by atoms with Crippen molar-refractivity contribution in [3.05, 3.63) is 82.1 Å². The minimum absolute atomic E-state index is 0.252. The Morgan fingerprint density at radius 1 is 1.13 bits per heavy atom. The number of ether oxygens (including phenoxy) is 1. The van der Waals surface area contributed by atoms with Gasteiger partial charge >= 0.3 is 6.18 Å². The summed E-state index contributed by atoms with van der Waals surface area (Å²) in [6.45, 7) is 2.52. The second kappa shape index (κ2) is 9.87. The van der Waals surface area contributed by atoms with Gasteiger partial charge in [0.25, 0.3) is 5.91 Å². The van der Waals surface area contributed by atoms with Crippen LogP contribution in [0, 0.1) is 6.92 Å². The van der Waals surface area contributed by atoms with Gasteiger partial charge in [-0.25, -0.2) is 0 Å². The van der Waals surface area contributed by atoms with Gasteiger partial charge in [0.2, 0.25) is 0 Å². The van der Waals surface area contributed by atoms with Crippen LogP contribution in [0.5, 0.6) is 5.75 Å². The first-order valence-corrected chi connectivity index (χ1v) is 9.97. The van der Waals surface area contributed by atoms with Gasteiger partial charge in [-0.2, -0.15) is 18.3 Å². The fourth-order valence-electron chi connectivity index (χ4n) is 2.86. The molecular formula is C22H21ClF3N3O2. The van der Waals surface area contributed by atoms with Crippen LogP contribution in [0.3, 0.4) is 0 Å². The van der Waals surface area contributed by atoms with E-state index in [1.54, 1.807) is 55.5 Å². The Kier molecular flexibility index (Phi) is 7.22. The van der Waals surface area contributed by atoms with Crippen molar-refractivity contribution in [2.24, 2.45) is 0 Å². The monoisotopic (exact) mass is 451 g/mol. The summed E-state index contributed by atoms with van der Waals surface area (Å²) in [6, 6.07) is 15.0. The number of hydrogen-bond donors (Lipinski definition) is 1. The lowest BCUT2D eigenvalue weighted by atomic mass is 10.1. The molecule has 164 valence electrons. The fraction of sp³-hybridized carbons (Fsp3) is 0.273. The molecule has 0 saturated heterocycles. The topological polar surface area (TPSA) is 56.2 Å². The van der Waals surface area contributed by atoms with Crippen LogP contribution in [0.1, 0.15) is 33.7 Å². The minimum Gasteiger partial charge on any atom is -0.489 e. The Bertz CT molecular complexity index is 1020. The quantitative estimate of drug-likeness (QED) is 0.475. The number of halogens is 4. The van der Waals surface area contributed by atoms with Crippen molar-refractivity contribution in [2.75, 3.05) is 6.54 Å². The van der Waals surface area contributed by atoms with Crippen LogP contribution in [0.2, 0.25) is 5.02 Å². The first-order valence-electron chi connectivity index (χ1n) is 9.59. The molecule has 9 heteroatoms. The van der Waals surface area contributed by atoms with E-state index < -0.39 is 11.9 Å². The highest BCUT2D eigenvalue weighted by atomic mass is 35.5. The molecule has 1 amide bonds. The maximum Gasteiger partial charge on any atom is 0.435 e. The lowest BCUT2D eigenvalue weighted by Crippen LogP contribution is -2.25. The van der Waals surface area contributed by atoms with Gasteiger partial charge in [-0.3, -0.25) is 9.48 Å². The third-order valence-corrected chi connectivity index (χ3v) is 4.79. The molecule has 0 fully saturated rings. The summed E-state index contributed by atoms with van der Waals surface area (Å²) in [7, 11) is 0. The number of alkyl halides is 3. The van der Waals surface area contributed by atoms with E-state index in [1.807, 2.05) is 0 Å². The zero-order valence-electron chi connectivity index (χ0n) is 16.7. The molecule has 2 aromatic carbocycles. The van der Waals surface area contributed by atoms with Crippen molar-refractivity contribution in [2.45, 2.75) is 32.7 Å². The van der Waals surface area contributed by atoms with Gasteiger partial charge in [-0.05, 0) is 61.4 Å². The van der Waals surface area contributed by atoms with Crippen molar-refractivity contribution in [3.8, 4) is 5.75 Å². The first-order chi connectivity index (χ1) is 14.7. The van der Waals surface area contributed by atoms with E-state index in [2.05, 4.69) is 10.4 Å². The molecule has 1 aromatic heterocycles. The molecule has 0 atom stereocenters. The van der Waals surface area contributed by atoms with Crippen LogP contribution >= 0.6 is 11.6 Å². The van der Waals surface area contributed by atoms with E-state index in [0.29, 0.717) is 41.6 Å². The largest absolute Gasteiger partial charge is 0.489 e. The van der Waals surface area contributed by atoms with E-state index in [-0.39, 0.29) is 12.5 Å². The lowest BCUT2D eigenvalue weighted by Gasteiger charge is -2.09. The number of aryl methyl sites for hydroxylation is 2. The Hall–Kier alpha value is -3.00. The molecule has 3 rings (SSSR count). The number of aromatic nitrogens is 2. The Balaban J connectivity index is 1.43. The zero-order valence-corrected chi connectivity index (χ0v) is 17.5. The van der Waals surface area contributed by atoms with Crippen LogP contribution < -0.4 is 10.1 Å². The molecule has 0 unspecified atom stereocenters. The molecule has 0 aliphatic rings. The number of carbonyl (C=O) groups excluding carboxylic acids is 1. The molecule has 1 heterocycles. The number of carbonyl (C=O) groups is 1. The maximum atomic E-state index is 12.7. The van der Waals surface area contributed by atoms with E-state index in [4.69, 9.17) is 16.3 Å². The predicted octanol–water partition coefficient (Wildman–Crippen LogP) is 5.26. The fourth-order valence-corrected chi connectivity index (χ4v) is 2.98. The number of rotatable bonds is 8. The van der Waals surface area contributed by atoms with Crippen molar-refractivity contribution in [1.82, 2.24) is 15.1 Å². The highest BCUT2D eigenvalue weighted by molar-refractivity contribution is 6.30. The molecule has 0 radical (unpaired) electrons. The van der Waals surface area contributed by atoms with Gasteiger partial charge in [0.1, 0.15) is 12.4 Å². The second-order valence-corrected chi connectivity index (χ2v) is 7.38. The number of hydrogen-bond acceptors (Lipinski definition) is 3. The summed E-state index contributed by atoms with van der Waals surface area (Å²) in [5.41, 5.74) is 0.912. The number of nitrogens with zero attached hydrogens (tertiary/aromatic N) is 2. The Morgan fingerprint density at radius 3 is 2.42 bits per heavy atom. The summed E-state index contributed by atoms with van der Waals surface area (Å²) in [6.07, 6.45) is -4.01. The van der Waals surface area contributed by atoms with Gasteiger partial charge in [0, 0.05) is 29.4 Å². The third-order valence-electron chi connectivity index (χ3n) is 4.54. The van der Waals surface area contributed by atoms with Gasteiger partial charge in [0.15, 0.2) is 5.69 Å². The van der Waals surface area contributed by atoms with Crippen molar-refractivity contribution in [3.63, 3.8) is 0 Å². The molecule has 0 saturated carbocycles. The highest BCUT2D eigenvalue weighted by Gasteiger charge is 2.34. The van der Waals surface area contributed by atoms with E-state index >= 15 is 0 Å². The molecule has 0 aliphatic heterocycles. The molecule has 0 bridgehead atoms. The first kappa shape index (κ1) is 22.7. The number of benzene rings is 2. The van der Waals surface area contributed by atoms with Gasteiger partial charge in [0.05, 0.1) is 0 Å². The molecule has 0 aliphatic carbocycles. The summed E-state index contributed by atoms with van der Waals surface area (Å²) in [5.74, 6) is 0.444. The second-order valence-electron chi connectivity index (χ2n) is 6.94. The van der Waals surface area contributed by atoms with E-state index in [0.717, 1.165) is 11.6 Å². The molecule has 0 spiro atoms. The van der Waals surface area contributed by atoms with Gasteiger partial charge < -0.3 is 10.1 Å². The SMILES string of the molecule is Cc1cc(C(F)(F)F)nn1CCCNC(=O)c1ccc(COc2ccc(Cl)cc2)cc1. The van der Waals surface area contributed by atoms with Crippen LogP contribution in [-0.4, -0.2) is 22.2 Å². The number of nitrogens with one attached hydrogen (secondary N) is 1. The highest BCUT2D eigenvalue weighted by Crippen LogP contribution is 2.28. The average Bonchev–Trinajstić information content (AvgIpc) is 3.12. The summed E-state index contributed by atoms with van der Waals surface area (Å²) in [5, 5.41) is 6.96. The van der Waals surface area contributed by atoms with Crippen LogP contribution in [0.15, 0.2) is 54.6 Å².